The van der Waals surface area contributed by atoms with Crippen LogP contribution in [0.4, 0.5) is 5.82 Å². The number of hydrogen-bond acceptors (Lipinski definition) is 5. The van der Waals surface area contributed by atoms with Gasteiger partial charge in [-0.25, -0.2) is 9.97 Å². The Bertz CT molecular complexity index is 601. The molecule has 0 radical (unpaired) electrons. The summed E-state index contributed by atoms with van der Waals surface area (Å²) in [5.74, 6) is 0.989. The summed E-state index contributed by atoms with van der Waals surface area (Å²) in [6.07, 6.45) is 4.35. The van der Waals surface area contributed by atoms with Crippen molar-refractivity contribution in [2.24, 2.45) is 0 Å². The van der Waals surface area contributed by atoms with Crippen LogP contribution in [0.15, 0.2) is 6.33 Å². The lowest BCUT2D eigenvalue weighted by molar-refractivity contribution is 0.327. The van der Waals surface area contributed by atoms with E-state index in [1.807, 2.05) is 0 Å². The van der Waals surface area contributed by atoms with Gasteiger partial charge >= 0.3 is 0 Å². The molecule has 2 aromatic heterocycles. The van der Waals surface area contributed by atoms with Crippen LogP contribution in [0.3, 0.4) is 0 Å². The zero-order chi connectivity index (χ0) is 14.1. The first-order valence-electron chi connectivity index (χ1n) is 7.34. The Kier molecular flexibility index (Phi) is 3.89. The van der Waals surface area contributed by atoms with E-state index < -0.39 is 0 Å². The van der Waals surface area contributed by atoms with Crippen LogP contribution in [0.2, 0.25) is 0 Å². The van der Waals surface area contributed by atoms with Gasteiger partial charge in [0.05, 0.1) is 5.39 Å². The molecule has 0 aliphatic carbocycles. The number of fused-ring (bicyclic) bond motifs is 1. The number of aromatic nitrogens is 2. The predicted molar refractivity (Wildman–Crippen MR) is 85.6 cm³/mol. The second-order valence-corrected chi connectivity index (χ2v) is 6.94. The monoisotopic (exact) mass is 290 g/mol. The van der Waals surface area contributed by atoms with Crippen molar-refractivity contribution in [3.8, 4) is 0 Å². The van der Waals surface area contributed by atoms with Crippen molar-refractivity contribution < 1.29 is 0 Å². The molecular formula is C15H22N4S. The van der Waals surface area contributed by atoms with E-state index in [1.54, 1.807) is 17.7 Å². The summed E-state index contributed by atoms with van der Waals surface area (Å²) in [5, 5.41) is 4.78. The van der Waals surface area contributed by atoms with Gasteiger partial charge < -0.3 is 10.2 Å². The molecule has 1 saturated heterocycles. The molecule has 1 N–H and O–H groups in total. The van der Waals surface area contributed by atoms with Crippen molar-refractivity contribution in [3.63, 3.8) is 0 Å². The molecule has 4 nitrogen and oxygen atoms in total. The molecule has 0 spiro atoms. The lowest BCUT2D eigenvalue weighted by Gasteiger charge is -2.21. The summed E-state index contributed by atoms with van der Waals surface area (Å²) in [4.78, 5) is 13.8. The van der Waals surface area contributed by atoms with E-state index in [2.05, 4.69) is 41.0 Å². The highest BCUT2D eigenvalue weighted by atomic mass is 32.1. The number of aryl methyl sites for hydroxylation is 2. The average molecular weight is 290 g/mol. The van der Waals surface area contributed by atoms with Crippen molar-refractivity contribution in [2.75, 3.05) is 25.0 Å². The highest BCUT2D eigenvalue weighted by Crippen LogP contribution is 2.32. The second-order valence-electron chi connectivity index (χ2n) is 5.74. The summed E-state index contributed by atoms with van der Waals surface area (Å²) >= 11 is 1.75. The van der Waals surface area contributed by atoms with Crippen LogP contribution in [-0.2, 0) is 0 Å². The Morgan fingerprint density at radius 1 is 1.30 bits per heavy atom. The molecule has 1 fully saturated rings. The largest absolute Gasteiger partial charge is 0.366 e. The van der Waals surface area contributed by atoms with E-state index in [-0.39, 0.29) is 0 Å². The van der Waals surface area contributed by atoms with Crippen LogP contribution < -0.4 is 5.32 Å². The molecule has 108 valence electrons. The van der Waals surface area contributed by atoms with Crippen LogP contribution >= 0.6 is 11.3 Å². The zero-order valence-electron chi connectivity index (χ0n) is 12.4. The lowest BCUT2D eigenvalue weighted by Crippen LogP contribution is -2.33. The molecule has 0 saturated carbocycles. The molecule has 3 heterocycles. The van der Waals surface area contributed by atoms with Crippen LogP contribution in [-0.4, -0.2) is 40.5 Å². The fourth-order valence-corrected chi connectivity index (χ4v) is 3.92. The number of likely N-dealkylation sites (tertiary alicyclic amines) is 1. The van der Waals surface area contributed by atoms with Gasteiger partial charge in [0.15, 0.2) is 0 Å². The van der Waals surface area contributed by atoms with Gasteiger partial charge in [-0.1, -0.05) is 0 Å². The molecular weight excluding hydrogens is 268 g/mol. The highest BCUT2D eigenvalue weighted by molar-refractivity contribution is 7.18. The number of rotatable bonds is 4. The van der Waals surface area contributed by atoms with Gasteiger partial charge in [0, 0.05) is 17.5 Å². The number of thiophene rings is 1. The summed E-state index contributed by atoms with van der Waals surface area (Å²) in [6, 6.07) is 0.408. The minimum atomic E-state index is 0.408. The minimum absolute atomic E-state index is 0.408. The van der Waals surface area contributed by atoms with E-state index in [1.165, 1.54) is 41.8 Å². The maximum Gasteiger partial charge on any atom is 0.138 e. The molecule has 1 unspecified atom stereocenters. The van der Waals surface area contributed by atoms with Crippen molar-refractivity contribution in [1.29, 1.82) is 0 Å². The van der Waals surface area contributed by atoms with Crippen molar-refractivity contribution in [3.05, 3.63) is 16.8 Å². The van der Waals surface area contributed by atoms with Gasteiger partial charge in [-0.3, -0.25) is 0 Å². The SMILES string of the molecule is Cc1sc2ncnc(NC(C)CN3CCCC3)c2c1C. The van der Waals surface area contributed by atoms with E-state index in [0.29, 0.717) is 6.04 Å². The van der Waals surface area contributed by atoms with Crippen LogP contribution in [0.5, 0.6) is 0 Å². The van der Waals surface area contributed by atoms with Gasteiger partial charge in [0.2, 0.25) is 0 Å². The molecule has 1 aliphatic heterocycles. The molecule has 0 amide bonds. The van der Waals surface area contributed by atoms with Crippen molar-refractivity contribution >= 4 is 27.4 Å². The summed E-state index contributed by atoms with van der Waals surface area (Å²) in [6.45, 7) is 10.1. The summed E-state index contributed by atoms with van der Waals surface area (Å²) < 4.78 is 0. The summed E-state index contributed by atoms with van der Waals surface area (Å²) in [7, 11) is 0. The molecule has 20 heavy (non-hydrogen) atoms. The Labute approximate surface area is 124 Å². The van der Waals surface area contributed by atoms with Gasteiger partial charge in [-0.15, -0.1) is 11.3 Å². The molecule has 2 aromatic rings. The standard InChI is InChI=1S/C15H22N4S/c1-10(8-19-6-4-5-7-19)18-14-13-11(2)12(3)20-15(13)17-9-16-14/h9-10H,4-8H2,1-3H3,(H,16,17,18). The highest BCUT2D eigenvalue weighted by Gasteiger charge is 2.17. The number of anilines is 1. The topological polar surface area (TPSA) is 41.1 Å². The molecule has 1 aliphatic rings. The summed E-state index contributed by atoms with van der Waals surface area (Å²) in [5.41, 5.74) is 1.31. The van der Waals surface area contributed by atoms with Crippen LogP contribution in [0.1, 0.15) is 30.2 Å². The minimum Gasteiger partial charge on any atom is -0.366 e. The first kappa shape index (κ1) is 13.8. The van der Waals surface area contributed by atoms with E-state index >= 15 is 0 Å². The maximum absolute atomic E-state index is 4.46. The Balaban J connectivity index is 1.79. The third-order valence-electron chi connectivity index (χ3n) is 4.08. The molecule has 0 bridgehead atoms. The third kappa shape index (κ3) is 2.65. The number of nitrogens with zero attached hydrogens (tertiary/aromatic N) is 3. The number of hydrogen-bond donors (Lipinski definition) is 1. The van der Waals surface area contributed by atoms with E-state index in [4.69, 9.17) is 0 Å². The Hall–Kier alpha value is -1.20. The smallest absolute Gasteiger partial charge is 0.138 e. The van der Waals surface area contributed by atoms with Crippen molar-refractivity contribution in [2.45, 2.75) is 39.7 Å². The van der Waals surface area contributed by atoms with Crippen LogP contribution in [0.25, 0.3) is 10.2 Å². The van der Waals surface area contributed by atoms with E-state index in [9.17, 15) is 0 Å². The van der Waals surface area contributed by atoms with E-state index in [0.717, 1.165) is 17.2 Å². The van der Waals surface area contributed by atoms with Gasteiger partial charge in [-0.05, 0) is 52.3 Å². The Morgan fingerprint density at radius 2 is 2.05 bits per heavy atom. The fourth-order valence-electron chi connectivity index (χ4n) is 2.92. The van der Waals surface area contributed by atoms with Gasteiger partial charge in [0.25, 0.3) is 0 Å². The molecule has 0 aromatic carbocycles. The first-order chi connectivity index (χ1) is 9.65. The quantitative estimate of drug-likeness (QED) is 0.939. The predicted octanol–water partition coefficient (Wildman–Crippen LogP) is 3.20. The van der Waals surface area contributed by atoms with Crippen molar-refractivity contribution in [1.82, 2.24) is 14.9 Å². The Morgan fingerprint density at radius 3 is 2.80 bits per heavy atom. The third-order valence-corrected chi connectivity index (χ3v) is 5.19. The molecule has 1 atom stereocenters. The molecule has 5 heteroatoms. The van der Waals surface area contributed by atoms with Crippen LogP contribution in [0, 0.1) is 13.8 Å². The molecule has 3 rings (SSSR count). The second kappa shape index (κ2) is 5.66. The first-order valence-corrected chi connectivity index (χ1v) is 8.16. The number of nitrogens with one attached hydrogen (secondary N) is 1. The van der Waals surface area contributed by atoms with Gasteiger partial charge in [0.1, 0.15) is 17.0 Å². The van der Waals surface area contributed by atoms with Gasteiger partial charge in [-0.2, -0.15) is 0 Å². The maximum atomic E-state index is 4.46. The fraction of sp³-hybridized carbons (Fsp3) is 0.600. The normalized spacial score (nSPS) is 17.8. The lowest BCUT2D eigenvalue weighted by atomic mass is 10.2. The zero-order valence-corrected chi connectivity index (χ0v) is 13.3. The average Bonchev–Trinajstić information content (AvgIpc) is 3.00.